The van der Waals surface area contributed by atoms with Crippen molar-refractivity contribution in [3.8, 4) is 0 Å². The van der Waals surface area contributed by atoms with E-state index in [1.54, 1.807) is 0 Å². The van der Waals surface area contributed by atoms with Crippen LogP contribution in [-0.4, -0.2) is 0 Å². The molecule has 0 aliphatic heterocycles. The van der Waals surface area contributed by atoms with Gasteiger partial charge >= 0.3 is 0 Å². The molecule has 1 aliphatic rings. The summed E-state index contributed by atoms with van der Waals surface area (Å²) in [5.74, 6) is 1.98. The zero-order valence-electron chi connectivity index (χ0n) is 9.26. The van der Waals surface area contributed by atoms with Crippen LogP contribution in [-0.2, 0) is 0 Å². The molecule has 2 atom stereocenters. The van der Waals surface area contributed by atoms with Gasteiger partial charge in [-0.25, -0.2) is 0 Å². The summed E-state index contributed by atoms with van der Waals surface area (Å²) in [5.41, 5.74) is 0. The van der Waals surface area contributed by atoms with Crippen molar-refractivity contribution in [1.29, 1.82) is 0 Å². The molecular weight excluding hydrogens is 156 g/mol. The molecule has 76 valence electrons. The molecule has 0 aromatic rings. The molecule has 0 aromatic carbocycles. The van der Waals surface area contributed by atoms with Gasteiger partial charge in [-0.2, -0.15) is 0 Å². The molecule has 0 amide bonds. The second kappa shape index (κ2) is 6.23. The van der Waals surface area contributed by atoms with E-state index in [-0.39, 0.29) is 0 Å². The van der Waals surface area contributed by atoms with Gasteiger partial charge in [0.1, 0.15) is 0 Å². The summed E-state index contributed by atoms with van der Waals surface area (Å²) < 4.78 is 0. The first kappa shape index (κ1) is 10.8. The fourth-order valence-corrected chi connectivity index (χ4v) is 2.28. The summed E-state index contributed by atoms with van der Waals surface area (Å²) in [6.45, 7) is 4.67. The minimum Gasteiger partial charge on any atom is -0.0885 e. The highest BCUT2D eigenvalue weighted by atomic mass is 14.3. The van der Waals surface area contributed by atoms with Crippen LogP contribution in [0, 0.1) is 11.8 Å². The van der Waals surface area contributed by atoms with Crippen LogP contribution in [0.3, 0.4) is 0 Å². The maximum absolute atomic E-state index is 2.42. The predicted molar refractivity (Wildman–Crippen MR) is 59.8 cm³/mol. The van der Waals surface area contributed by atoms with Crippen LogP contribution in [0.15, 0.2) is 12.2 Å². The Bertz CT molecular complexity index is 146. The van der Waals surface area contributed by atoms with Crippen molar-refractivity contribution in [2.24, 2.45) is 11.8 Å². The Morgan fingerprint density at radius 2 is 2.08 bits per heavy atom. The molecule has 1 saturated carbocycles. The number of unbranched alkanes of at least 4 members (excludes halogenated alkanes) is 2. The molecule has 0 heteroatoms. The lowest BCUT2D eigenvalue weighted by Crippen LogP contribution is -2.01. The van der Waals surface area contributed by atoms with E-state index in [0.29, 0.717) is 0 Å². The highest BCUT2D eigenvalue weighted by Crippen LogP contribution is 2.33. The van der Waals surface area contributed by atoms with E-state index in [0.717, 1.165) is 11.8 Å². The van der Waals surface area contributed by atoms with Gasteiger partial charge in [0.05, 0.1) is 0 Å². The fourth-order valence-electron chi connectivity index (χ4n) is 2.28. The Labute approximate surface area is 83.4 Å². The van der Waals surface area contributed by atoms with Crippen molar-refractivity contribution in [2.45, 2.75) is 58.8 Å². The molecule has 0 bridgehead atoms. The molecular formula is C13H24. The van der Waals surface area contributed by atoms with Crippen molar-refractivity contribution < 1.29 is 0 Å². The van der Waals surface area contributed by atoms with Crippen LogP contribution in [0.1, 0.15) is 58.8 Å². The number of hydrogen-bond donors (Lipinski definition) is 0. The largest absolute Gasteiger partial charge is 0.0885 e. The maximum atomic E-state index is 2.42. The van der Waals surface area contributed by atoms with Crippen LogP contribution in [0.4, 0.5) is 0 Å². The van der Waals surface area contributed by atoms with Gasteiger partial charge in [-0.05, 0) is 31.1 Å². The van der Waals surface area contributed by atoms with Crippen LogP contribution in [0.2, 0.25) is 0 Å². The van der Waals surface area contributed by atoms with Gasteiger partial charge in [0.2, 0.25) is 0 Å². The summed E-state index contributed by atoms with van der Waals surface area (Å²) >= 11 is 0. The van der Waals surface area contributed by atoms with Gasteiger partial charge in [-0.3, -0.25) is 0 Å². The Morgan fingerprint density at radius 1 is 1.23 bits per heavy atom. The molecule has 1 rings (SSSR count). The highest BCUT2D eigenvalue weighted by molar-refractivity contribution is 4.87. The van der Waals surface area contributed by atoms with Gasteiger partial charge in [0.15, 0.2) is 0 Å². The lowest BCUT2D eigenvalue weighted by Gasteiger charge is -2.11. The topological polar surface area (TPSA) is 0 Å². The van der Waals surface area contributed by atoms with E-state index in [1.165, 1.54) is 44.9 Å². The summed E-state index contributed by atoms with van der Waals surface area (Å²) in [6, 6.07) is 0. The lowest BCUT2D eigenvalue weighted by molar-refractivity contribution is 0.423. The van der Waals surface area contributed by atoms with Gasteiger partial charge in [0, 0.05) is 0 Å². The molecule has 1 aliphatic carbocycles. The Hall–Kier alpha value is -0.260. The molecule has 13 heavy (non-hydrogen) atoms. The van der Waals surface area contributed by atoms with Crippen LogP contribution in [0.5, 0.6) is 0 Å². The molecule has 0 heterocycles. The maximum Gasteiger partial charge on any atom is -0.0320 e. The van der Waals surface area contributed by atoms with Crippen molar-refractivity contribution in [3.63, 3.8) is 0 Å². The standard InChI is InChI=1S/C13H24/c1-3-4-5-6-7-10-13-11-8-9-12(13)2/h6-7,12-13H,3-5,8-11H2,1-2H3/b7-6-/t12?,13-/m0/s1. The van der Waals surface area contributed by atoms with Crippen molar-refractivity contribution in [3.05, 3.63) is 12.2 Å². The normalized spacial score (nSPS) is 28.8. The van der Waals surface area contributed by atoms with Crippen LogP contribution >= 0.6 is 0 Å². The molecule has 0 saturated heterocycles. The second-order valence-electron chi connectivity index (χ2n) is 4.52. The minimum atomic E-state index is 0.982. The highest BCUT2D eigenvalue weighted by Gasteiger charge is 2.21. The van der Waals surface area contributed by atoms with Gasteiger partial charge in [-0.15, -0.1) is 0 Å². The first-order chi connectivity index (χ1) is 6.34. The first-order valence-corrected chi connectivity index (χ1v) is 5.99. The van der Waals surface area contributed by atoms with E-state index in [9.17, 15) is 0 Å². The third kappa shape index (κ3) is 3.97. The Kier molecular flexibility index (Phi) is 5.19. The SMILES string of the molecule is CCCC/C=C\C[C@H]1CCCC1C. The smallest absolute Gasteiger partial charge is 0.0320 e. The van der Waals surface area contributed by atoms with Crippen molar-refractivity contribution in [1.82, 2.24) is 0 Å². The Balaban J connectivity index is 2.07. The monoisotopic (exact) mass is 180 g/mol. The second-order valence-corrected chi connectivity index (χ2v) is 4.52. The molecule has 0 radical (unpaired) electrons. The van der Waals surface area contributed by atoms with E-state index in [2.05, 4.69) is 26.0 Å². The number of rotatable bonds is 5. The van der Waals surface area contributed by atoms with Gasteiger partial charge in [0.25, 0.3) is 0 Å². The summed E-state index contributed by atoms with van der Waals surface area (Å²) in [7, 11) is 0. The van der Waals surface area contributed by atoms with E-state index in [4.69, 9.17) is 0 Å². The minimum absolute atomic E-state index is 0.982. The molecule has 1 fully saturated rings. The van der Waals surface area contributed by atoms with Crippen molar-refractivity contribution >= 4 is 0 Å². The zero-order chi connectivity index (χ0) is 9.52. The summed E-state index contributed by atoms with van der Waals surface area (Å²) in [4.78, 5) is 0. The number of hydrogen-bond acceptors (Lipinski definition) is 0. The molecule has 0 aromatic heterocycles. The third-order valence-electron chi connectivity index (χ3n) is 3.37. The Morgan fingerprint density at radius 3 is 2.69 bits per heavy atom. The molecule has 0 spiro atoms. The lowest BCUT2D eigenvalue weighted by atomic mass is 9.94. The van der Waals surface area contributed by atoms with E-state index >= 15 is 0 Å². The van der Waals surface area contributed by atoms with Crippen molar-refractivity contribution in [2.75, 3.05) is 0 Å². The van der Waals surface area contributed by atoms with Gasteiger partial charge < -0.3 is 0 Å². The predicted octanol–water partition coefficient (Wildman–Crippen LogP) is 4.56. The van der Waals surface area contributed by atoms with Crippen LogP contribution < -0.4 is 0 Å². The zero-order valence-corrected chi connectivity index (χ0v) is 9.26. The molecule has 0 N–H and O–H groups in total. The molecule has 0 nitrogen and oxygen atoms in total. The fraction of sp³-hybridized carbons (Fsp3) is 0.846. The van der Waals surface area contributed by atoms with Crippen LogP contribution in [0.25, 0.3) is 0 Å². The molecule has 1 unspecified atom stereocenters. The average molecular weight is 180 g/mol. The van der Waals surface area contributed by atoms with E-state index in [1.807, 2.05) is 0 Å². The summed E-state index contributed by atoms with van der Waals surface area (Å²) in [5, 5.41) is 0. The third-order valence-corrected chi connectivity index (χ3v) is 3.37. The number of allylic oxidation sites excluding steroid dienone is 2. The average Bonchev–Trinajstić information content (AvgIpc) is 2.52. The van der Waals surface area contributed by atoms with Gasteiger partial charge in [-0.1, -0.05) is 51.7 Å². The summed E-state index contributed by atoms with van der Waals surface area (Å²) in [6.07, 6.45) is 14.5. The van der Waals surface area contributed by atoms with E-state index < -0.39 is 0 Å². The first-order valence-electron chi connectivity index (χ1n) is 5.99. The quantitative estimate of drug-likeness (QED) is 0.430.